The van der Waals surface area contributed by atoms with Crippen molar-refractivity contribution < 1.29 is 14.3 Å². The summed E-state index contributed by atoms with van der Waals surface area (Å²) in [6, 6.07) is 15.4. The standard InChI is InChI=1S/C21H23N3O3/c1-5-26-20(25)19-18(22-24-23-19)16-11-6-7-12-17(16)27-15-10-8-9-14(13-15)21(2,3)4/h6-13H,5H2,1-4H3,(H,22,23,24). The highest BCUT2D eigenvalue weighted by atomic mass is 16.5. The summed E-state index contributed by atoms with van der Waals surface area (Å²) in [6.07, 6.45) is 0. The topological polar surface area (TPSA) is 77.1 Å². The lowest BCUT2D eigenvalue weighted by Gasteiger charge is -2.20. The lowest BCUT2D eigenvalue weighted by Crippen LogP contribution is -2.10. The first-order valence-electron chi connectivity index (χ1n) is 8.86. The molecule has 3 aromatic rings. The van der Waals surface area contributed by atoms with Crippen LogP contribution in [0.3, 0.4) is 0 Å². The molecular formula is C21H23N3O3. The molecule has 0 saturated heterocycles. The van der Waals surface area contributed by atoms with Gasteiger partial charge in [-0.3, -0.25) is 0 Å². The number of nitrogens with zero attached hydrogens (tertiary/aromatic N) is 2. The molecule has 0 amide bonds. The van der Waals surface area contributed by atoms with Crippen LogP contribution >= 0.6 is 0 Å². The van der Waals surface area contributed by atoms with E-state index < -0.39 is 5.97 Å². The van der Waals surface area contributed by atoms with Gasteiger partial charge in [-0.15, -0.1) is 5.10 Å². The Labute approximate surface area is 158 Å². The van der Waals surface area contributed by atoms with Crippen LogP contribution < -0.4 is 4.74 Å². The second-order valence-electron chi connectivity index (χ2n) is 7.12. The predicted molar refractivity (Wildman–Crippen MR) is 103 cm³/mol. The summed E-state index contributed by atoms with van der Waals surface area (Å²) in [5.74, 6) is 0.782. The van der Waals surface area contributed by atoms with Crippen molar-refractivity contribution in [2.24, 2.45) is 0 Å². The smallest absolute Gasteiger partial charge is 0.361 e. The Balaban J connectivity index is 1.97. The summed E-state index contributed by atoms with van der Waals surface area (Å²) in [7, 11) is 0. The largest absolute Gasteiger partial charge is 0.461 e. The van der Waals surface area contributed by atoms with Gasteiger partial charge in [0.15, 0.2) is 5.69 Å². The van der Waals surface area contributed by atoms with Gasteiger partial charge in [0.05, 0.1) is 6.61 Å². The van der Waals surface area contributed by atoms with Gasteiger partial charge in [-0.2, -0.15) is 10.3 Å². The average Bonchev–Trinajstić information content (AvgIpc) is 3.12. The van der Waals surface area contributed by atoms with Crippen LogP contribution in [-0.4, -0.2) is 28.0 Å². The van der Waals surface area contributed by atoms with Crippen molar-refractivity contribution in [1.82, 2.24) is 15.4 Å². The summed E-state index contributed by atoms with van der Waals surface area (Å²) in [6.45, 7) is 8.48. The first kappa shape index (κ1) is 18.6. The van der Waals surface area contributed by atoms with Crippen LogP contribution in [0.15, 0.2) is 48.5 Å². The fraction of sp³-hybridized carbons (Fsp3) is 0.286. The summed E-state index contributed by atoms with van der Waals surface area (Å²) in [5.41, 5.74) is 2.39. The molecule has 0 unspecified atom stereocenters. The van der Waals surface area contributed by atoms with Crippen LogP contribution in [-0.2, 0) is 10.2 Å². The average molecular weight is 365 g/mol. The minimum absolute atomic E-state index is 0.0160. The number of aromatic nitrogens is 3. The van der Waals surface area contributed by atoms with E-state index in [-0.39, 0.29) is 17.7 Å². The minimum atomic E-state index is -0.522. The number of H-pyrrole nitrogens is 1. The molecule has 0 radical (unpaired) electrons. The minimum Gasteiger partial charge on any atom is -0.461 e. The molecule has 0 atom stereocenters. The normalized spacial score (nSPS) is 11.3. The van der Waals surface area contributed by atoms with Crippen molar-refractivity contribution in [3.05, 3.63) is 59.8 Å². The molecule has 0 aliphatic carbocycles. The van der Waals surface area contributed by atoms with E-state index in [1.54, 1.807) is 6.92 Å². The third-order valence-electron chi connectivity index (χ3n) is 4.09. The van der Waals surface area contributed by atoms with Crippen LogP contribution in [0.4, 0.5) is 0 Å². The first-order chi connectivity index (χ1) is 12.9. The number of nitrogens with one attached hydrogen (secondary N) is 1. The van der Waals surface area contributed by atoms with Gasteiger partial charge in [0, 0.05) is 5.56 Å². The lowest BCUT2D eigenvalue weighted by atomic mass is 9.87. The monoisotopic (exact) mass is 365 g/mol. The van der Waals surface area contributed by atoms with Gasteiger partial charge in [0.25, 0.3) is 0 Å². The van der Waals surface area contributed by atoms with Gasteiger partial charge in [0.1, 0.15) is 17.2 Å². The van der Waals surface area contributed by atoms with Crippen molar-refractivity contribution in [3.63, 3.8) is 0 Å². The maximum Gasteiger partial charge on any atom is 0.361 e. The number of carbonyl (C=O) groups excluding carboxylic acids is 1. The molecule has 2 aromatic carbocycles. The molecule has 1 N–H and O–H groups in total. The van der Waals surface area contributed by atoms with E-state index in [1.807, 2.05) is 42.5 Å². The summed E-state index contributed by atoms with van der Waals surface area (Å²) < 4.78 is 11.2. The van der Waals surface area contributed by atoms with Crippen LogP contribution in [0.25, 0.3) is 11.3 Å². The molecule has 1 heterocycles. The number of benzene rings is 2. The molecule has 0 aliphatic rings. The van der Waals surface area contributed by atoms with Crippen LogP contribution in [0.1, 0.15) is 43.7 Å². The van der Waals surface area contributed by atoms with Gasteiger partial charge in [-0.25, -0.2) is 4.79 Å². The Hall–Kier alpha value is -3.15. The fourth-order valence-electron chi connectivity index (χ4n) is 2.66. The van der Waals surface area contributed by atoms with Crippen molar-refractivity contribution in [1.29, 1.82) is 0 Å². The molecule has 0 aliphatic heterocycles. The van der Waals surface area contributed by atoms with Gasteiger partial charge in [-0.05, 0) is 42.2 Å². The van der Waals surface area contributed by atoms with Crippen molar-refractivity contribution in [2.75, 3.05) is 6.61 Å². The Morgan fingerprint density at radius 3 is 2.59 bits per heavy atom. The zero-order chi connectivity index (χ0) is 19.4. The highest BCUT2D eigenvalue weighted by Crippen LogP contribution is 2.35. The van der Waals surface area contributed by atoms with Crippen LogP contribution in [0, 0.1) is 0 Å². The van der Waals surface area contributed by atoms with E-state index in [2.05, 4.69) is 42.2 Å². The van der Waals surface area contributed by atoms with Gasteiger partial charge in [-0.1, -0.05) is 45.0 Å². The van der Waals surface area contributed by atoms with E-state index in [4.69, 9.17) is 9.47 Å². The molecule has 0 fully saturated rings. The van der Waals surface area contributed by atoms with E-state index >= 15 is 0 Å². The van der Waals surface area contributed by atoms with E-state index in [0.29, 0.717) is 17.0 Å². The SMILES string of the molecule is CCOC(=O)c1n[nH]nc1-c1ccccc1Oc1cccc(C(C)(C)C)c1. The molecule has 6 heteroatoms. The van der Waals surface area contributed by atoms with E-state index in [9.17, 15) is 4.79 Å². The number of hydrogen-bond donors (Lipinski definition) is 1. The van der Waals surface area contributed by atoms with Gasteiger partial charge >= 0.3 is 5.97 Å². The van der Waals surface area contributed by atoms with Gasteiger partial charge < -0.3 is 9.47 Å². The first-order valence-corrected chi connectivity index (χ1v) is 8.86. The maximum atomic E-state index is 12.1. The van der Waals surface area contributed by atoms with E-state index in [0.717, 1.165) is 5.75 Å². The molecule has 3 rings (SSSR count). The summed E-state index contributed by atoms with van der Waals surface area (Å²) in [4.78, 5) is 12.1. The number of rotatable bonds is 5. The molecular weight excluding hydrogens is 342 g/mol. The van der Waals surface area contributed by atoms with Crippen molar-refractivity contribution in [2.45, 2.75) is 33.1 Å². The lowest BCUT2D eigenvalue weighted by molar-refractivity contribution is 0.0520. The number of esters is 1. The Bertz CT molecular complexity index is 942. The molecule has 140 valence electrons. The zero-order valence-corrected chi connectivity index (χ0v) is 15.9. The number of ether oxygens (including phenoxy) is 2. The van der Waals surface area contributed by atoms with Crippen LogP contribution in [0.2, 0.25) is 0 Å². The third-order valence-corrected chi connectivity index (χ3v) is 4.09. The van der Waals surface area contributed by atoms with E-state index in [1.165, 1.54) is 5.56 Å². The highest BCUT2D eigenvalue weighted by molar-refractivity contribution is 5.94. The quantitative estimate of drug-likeness (QED) is 0.661. The number of aromatic amines is 1. The number of para-hydroxylation sites is 1. The second kappa shape index (κ2) is 7.61. The van der Waals surface area contributed by atoms with Crippen LogP contribution in [0.5, 0.6) is 11.5 Å². The molecule has 1 aromatic heterocycles. The third kappa shape index (κ3) is 4.16. The number of hydrogen-bond acceptors (Lipinski definition) is 5. The number of carbonyl (C=O) groups is 1. The maximum absolute atomic E-state index is 12.1. The zero-order valence-electron chi connectivity index (χ0n) is 15.9. The van der Waals surface area contributed by atoms with Crippen molar-refractivity contribution in [3.8, 4) is 22.8 Å². The predicted octanol–water partition coefficient (Wildman–Crippen LogP) is 4.74. The molecule has 6 nitrogen and oxygen atoms in total. The molecule has 0 spiro atoms. The molecule has 27 heavy (non-hydrogen) atoms. The second-order valence-corrected chi connectivity index (χ2v) is 7.12. The van der Waals surface area contributed by atoms with Gasteiger partial charge in [0.2, 0.25) is 0 Å². The highest BCUT2D eigenvalue weighted by Gasteiger charge is 2.22. The Morgan fingerprint density at radius 2 is 1.85 bits per heavy atom. The Kier molecular flexibility index (Phi) is 5.26. The molecule has 0 saturated carbocycles. The molecule has 0 bridgehead atoms. The summed E-state index contributed by atoms with van der Waals surface area (Å²) >= 11 is 0. The van der Waals surface area contributed by atoms with Crippen molar-refractivity contribution >= 4 is 5.97 Å². The Morgan fingerprint density at radius 1 is 1.07 bits per heavy atom. The fourth-order valence-corrected chi connectivity index (χ4v) is 2.66. The summed E-state index contributed by atoms with van der Waals surface area (Å²) in [5, 5.41) is 10.6.